The number of rotatable bonds is 8. The molecule has 0 aliphatic carbocycles. The van der Waals surface area contributed by atoms with E-state index in [1.54, 1.807) is 13.8 Å². The van der Waals surface area contributed by atoms with Crippen molar-refractivity contribution in [3.63, 3.8) is 0 Å². The summed E-state index contributed by atoms with van der Waals surface area (Å²) in [5, 5.41) is 2.45. The van der Waals surface area contributed by atoms with E-state index in [9.17, 15) is 26.0 Å². The number of ether oxygens (including phenoxy) is 1. The number of benzene rings is 2. The highest BCUT2D eigenvalue weighted by atomic mass is 32.2. The van der Waals surface area contributed by atoms with Crippen LogP contribution in [0.3, 0.4) is 0 Å². The van der Waals surface area contributed by atoms with Gasteiger partial charge in [0.25, 0.3) is 5.91 Å². The fourth-order valence-electron chi connectivity index (χ4n) is 3.42. The van der Waals surface area contributed by atoms with Gasteiger partial charge in [-0.05, 0) is 36.4 Å². The van der Waals surface area contributed by atoms with Crippen molar-refractivity contribution in [1.82, 2.24) is 8.61 Å². The van der Waals surface area contributed by atoms with Gasteiger partial charge >= 0.3 is 0 Å². The molecule has 33 heavy (non-hydrogen) atoms. The Morgan fingerprint density at radius 2 is 1.70 bits per heavy atom. The highest BCUT2D eigenvalue weighted by Gasteiger charge is 2.28. The van der Waals surface area contributed by atoms with Crippen molar-refractivity contribution in [1.29, 1.82) is 0 Å². The van der Waals surface area contributed by atoms with Crippen LogP contribution in [-0.4, -0.2) is 70.7 Å². The van der Waals surface area contributed by atoms with Crippen LogP contribution in [0.25, 0.3) is 0 Å². The van der Waals surface area contributed by atoms with Crippen molar-refractivity contribution in [2.24, 2.45) is 0 Å². The molecule has 180 valence electrons. The summed E-state index contributed by atoms with van der Waals surface area (Å²) in [4.78, 5) is 12.5. The SMILES string of the molecule is CCN(CC)S(=O)(=O)c1cccc(NC(=O)c2cc(S(=O)(=O)N3CCOCC3)ccc2F)c1. The van der Waals surface area contributed by atoms with Gasteiger partial charge in [-0.15, -0.1) is 0 Å². The van der Waals surface area contributed by atoms with Crippen LogP contribution in [0.2, 0.25) is 0 Å². The van der Waals surface area contributed by atoms with E-state index in [1.807, 2.05) is 0 Å². The molecule has 1 aliphatic heterocycles. The topological polar surface area (TPSA) is 113 Å². The summed E-state index contributed by atoms with van der Waals surface area (Å²) in [6.07, 6.45) is 0. The number of hydrogen-bond acceptors (Lipinski definition) is 6. The number of anilines is 1. The average molecular weight is 500 g/mol. The lowest BCUT2D eigenvalue weighted by Gasteiger charge is -2.26. The van der Waals surface area contributed by atoms with Gasteiger partial charge in [-0.25, -0.2) is 21.2 Å². The van der Waals surface area contributed by atoms with Crippen LogP contribution in [0, 0.1) is 5.82 Å². The first-order chi connectivity index (χ1) is 15.6. The van der Waals surface area contributed by atoms with Crippen LogP contribution in [0.5, 0.6) is 0 Å². The molecule has 0 bridgehead atoms. The Balaban J connectivity index is 1.87. The molecule has 0 aromatic heterocycles. The fourth-order valence-corrected chi connectivity index (χ4v) is 6.36. The second-order valence-electron chi connectivity index (χ2n) is 7.23. The highest BCUT2D eigenvalue weighted by molar-refractivity contribution is 7.89. The lowest BCUT2D eigenvalue weighted by atomic mass is 10.2. The molecule has 0 atom stereocenters. The average Bonchev–Trinajstić information content (AvgIpc) is 2.80. The summed E-state index contributed by atoms with van der Waals surface area (Å²) >= 11 is 0. The van der Waals surface area contributed by atoms with E-state index in [4.69, 9.17) is 4.74 Å². The number of halogens is 1. The molecule has 0 unspecified atom stereocenters. The molecule has 2 aromatic rings. The summed E-state index contributed by atoms with van der Waals surface area (Å²) in [7, 11) is -7.69. The molecule has 3 rings (SSSR count). The number of nitrogens with zero attached hydrogens (tertiary/aromatic N) is 2. The Kier molecular flexibility index (Phi) is 7.85. The summed E-state index contributed by atoms with van der Waals surface area (Å²) in [5.41, 5.74) is -0.338. The van der Waals surface area contributed by atoms with Crippen molar-refractivity contribution in [2.45, 2.75) is 23.6 Å². The number of carbonyl (C=O) groups excluding carboxylic acids is 1. The van der Waals surface area contributed by atoms with Gasteiger partial charge < -0.3 is 10.1 Å². The van der Waals surface area contributed by atoms with E-state index >= 15 is 0 Å². The quantitative estimate of drug-likeness (QED) is 0.595. The molecule has 2 aromatic carbocycles. The molecule has 1 aliphatic rings. The predicted octanol–water partition coefficient (Wildman–Crippen LogP) is 2.13. The number of hydrogen-bond donors (Lipinski definition) is 1. The van der Waals surface area contributed by atoms with Gasteiger partial charge in [-0.1, -0.05) is 19.9 Å². The van der Waals surface area contributed by atoms with E-state index < -0.39 is 37.3 Å². The Labute approximate surface area is 193 Å². The zero-order valence-electron chi connectivity index (χ0n) is 18.3. The summed E-state index contributed by atoms with van der Waals surface area (Å²) in [6, 6.07) is 8.61. The fraction of sp³-hybridized carbons (Fsp3) is 0.381. The number of carbonyl (C=O) groups is 1. The largest absolute Gasteiger partial charge is 0.379 e. The molecule has 0 spiro atoms. The minimum atomic E-state index is -3.93. The van der Waals surface area contributed by atoms with Gasteiger partial charge in [0.05, 0.1) is 28.6 Å². The minimum Gasteiger partial charge on any atom is -0.379 e. The maximum atomic E-state index is 14.4. The van der Waals surface area contributed by atoms with Gasteiger partial charge in [0.1, 0.15) is 5.82 Å². The van der Waals surface area contributed by atoms with E-state index in [0.717, 1.165) is 18.2 Å². The van der Waals surface area contributed by atoms with Crippen molar-refractivity contribution < 1.29 is 30.8 Å². The van der Waals surface area contributed by atoms with E-state index in [0.29, 0.717) is 0 Å². The third-order valence-electron chi connectivity index (χ3n) is 5.23. The third kappa shape index (κ3) is 5.41. The molecule has 9 nitrogen and oxygen atoms in total. The van der Waals surface area contributed by atoms with E-state index in [1.165, 1.54) is 32.9 Å². The smallest absolute Gasteiger partial charge is 0.258 e. The summed E-state index contributed by atoms with van der Waals surface area (Å²) in [6.45, 7) is 4.82. The monoisotopic (exact) mass is 499 g/mol. The maximum Gasteiger partial charge on any atom is 0.258 e. The molecule has 0 saturated carbocycles. The first-order valence-corrected chi connectivity index (χ1v) is 13.3. The molecule has 1 N–H and O–H groups in total. The minimum absolute atomic E-state index is 0.0203. The lowest BCUT2D eigenvalue weighted by molar-refractivity contribution is 0.0730. The zero-order valence-corrected chi connectivity index (χ0v) is 20.0. The van der Waals surface area contributed by atoms with Crippen molar-refractivity contribution >= 4 is 31.6 Å². The molecule has 0 radical (unpaired) electrons. The highest BCUT2D eigenvalue weighted by Crippen LogP contribution is 2.23. The summed E-state index contributed by atoms with van der Waals surface area (Å²) < 4.78 is 73.3. The first kappa shape index (κ1) is 25.2. The van der Waals surface area contributed by atoms with E-state index in [-0.39, 0.29) is 54.9 Å². The third-order valence-corrected chi connectivity index (χ3v) is 9.17. The van der Waals surface area contributed by atoms with Crippen molar-refractivity contribution in [2.75, 3.05) is 44.7 Å². The number of nitrogens with one attached hydrogen (secondary N) is 1. The standard InChI is InChI=1S/C21H26FN3O6S2/c1-3-24(4-2)32(27,28)17-7-5-6-16(14-17)23-21(26)19-15-18(8-9-20(19)22)33(29,30)25-10-12-31-13-11-25/h5-9,14-15H,3-4,10-13H2,1-2H3,(H,23,26). The summed E-state index contributed by atoms with van der Waals surface area (Å²) in [5.74, 6) is -1.80. The van der Waals surface area contributed by atoms with Crippen LogP contribution < -0.4 is 5.32 Å². The number of amides is 1. The molecule has 1 saturated heterocycles. The molecular weight excluding hydrogens is 473 g/mol. The molecule has 1 heterocycles. The Morgan fingerprint density at radius 1 is 1.03 bits per heavy atom. The Morgan fingerprint density at radius 3 is 2.33 bits per heavy atom. The second-order valence-corrected chi connectivity index (χ2v) is 11.1. The molecular formula is C21H26FN3O6S2. The Hall–Kier alpha value is -2.38. The van der Waals surface area contributed by atoms with Crippen LogP contribution in [0.15, 0.2) is 52.3 Å². The van der Waals surface area contributed by atoms with Gasteiger partial charge in [0.15, 0.2) is 0 Å². The van der Waals surface area contributed by atoms with Crippen LogP contribution in [0.1, 0.15) is 24.2 Å². The first-order valence-electron chi connectivity index (χ1n) is 10.4. The van der Waals surface area contributed by atoms with Gasteiger partial charge in [0, 0.05) is 31.9 Å². The predicted molar refractivity (Wildman–Crippen MR) is 120 cm³/mol. The maximum absolute atomic E-state index is 14.4. The number of sulfonamides is 2. The van der Waals surface area contributed by atoms with Crippen LogP contribution >= 0.6 is 0 Å². The molecule has 12 heteroatoms. The van der Waals surface area contributed by atoms with Crippen molar-refractivity contribution in [3.8, 4) is 0 Å². The van der Waals surface area contributed by atoms with Gasteiger partial charge in [-0.2, -0.15) is 8.61 Å². The van der Waals surface area contributed by atoms with Crippen LogP contribution in [-0.2, 0) is 24.8 Å². The van der Waals surface area contributed by atoms with E-state index in [2.05, 4.69) is 5.32 Å². The zero-order chi connectivity index (χ0) is 24.2. The molecule has 1 amide bonds. The van der Waals surface area contributed by atoms with Gasteiger partial charge in [0.2, 0.25) is 20.0 Å². The second kappa shape index (κ2) is 10.3. The Bertz CT molecular complexity index is 1220. The number of morpholine rings is 1. The normalized spacial score (nSPS) is 15.5. The molecule has 1 fully saturated rings. The van der Waals surface area contributed by atoms with Crippen molar-refractivity contribution in [3.05, 3.63) is 53.8 Å². The van der Waals surface area contributed by atoms with Gasteiger partial charge in [-0.3, -0.25) is 4.79 Å². The lowest BCUT2D eigenvalue weighted by Crippen LogP contribution is -2.40. The van der Waals surface area contributed by atoms with Crippen LogP contribution in [0.4, 0.5) is 10.1 Å².